The zero-order valence-corrected chi connectivity index (χ0v) is 21.3. The Morgan fingerprint density at radius 2 is 1.70 bits per heavy atom. The molecule has 2 aromatic carbocycles. The lowest BCUT2D eigenvalue weighted by molar-refractivity contribution is 0.348. The standard InChI is InChI=1S/C20H25I2O4P/c1-11(2)15-8-14(6-7-17(15)23)9-16-12(3)18(21)20(19(22)13(16)4)26-10-27(5,24)25/h6-8,11,23H,9-10H2,1-5H3,(H,24,25). The number of benzene rings is 2. The van der Waals surface area contributed by atoms with Gasteiger partial charge in [-0.1, -0.05) is 26.0 Å². The Morgan fingerprint density at radius 3 is 2.19 bits per heavy atom. The lowest BCUT2D eigenvalue weighted by atomic mass is 9.93. The van der Waals surface area contributed by atoms with Crippen LogP contribution in [0, 0.1) is 21.0 Å². The van der Waals surface area contributed by atoms with Crippen LogP contribution in [-0.2, 0) is 11.0 Å². The van der Waals surface area contributed by atoms with Crippen molar-refractivity contribution >= 4 is 52.6 Å². The van der Waals surface area contributed by atoms with Crippen molar-refractivity contribution in [3.05, 3.63) is 53.2 Å². The van der Waals surface area contributed by atoms with Crippen LogP contribution in [0.5, 0.6) is 11.5 Å². The molecular weight excluding hydrogens is 589 g/mol. The first kappa shape index (κ1) is 23.0. The quantitative estimate of drug-likeness (QED) is 0.302. The number of aromatic hydroxyl groups is 1. The molecule has 0 spiro atoms. The molecule has 2 rings (SSSR count). The molecule has 0 aromatic heterocycles. The summed E-state index contributed by atoms with van der Waals surface area (Å²) in [5.41, 5.74) is 5.56. The van der Waals surface area contributed by atoms with Crippen molar-refractivity contribution in [2.45, 2.75) is 40.0 Å². The first-order chi connectivity index (χ1) is 12.4. The molecule has 2 aromatic rings. The van der Waals surface area contributed by atoms with E-state index in [0.29, 0.717) is 11.5 Å². The molecule has 0 heterocycles. The van der Waals surface area contributed by atoms with Crippen molar-refractivity contribution in [2.24, 2.45) is 0 Å². The molecule has 0 saturated heterocycles. The maximum absolute atomic E-state index is 11.6. The molecule has 0 saturated carbocycles. The maximum Gasteiger partial charge on any atom is 0.233 e. The van der Waals surface area contributed by atoms with E-state index in [1.54, 1.807) is 6.07 Å². The smallest absolute Gasteiger partial charge is 0.233 e. The highest BCUT2D eigenvalue weighted by Gasteiger charge is 2.21. The Morgan fingerprint density at radius 1 is 1.15 bits per heavy atom. The largest absolute Gasteiger partial charge is 0.508 e. The fraction of sp³-hybridized carbons (Fsp3) is 0.400. The number of phenols is 1. The minimum absolute atomic E-state index is 0.188. The zero-order chi connectivity index (χ0) is 20.5. The van der Waals surface area contributed by atoms with Crippen molar-refractivity contribution in [1.29, 1.82) is 0 Å². The van der Waals surface area contributed by atoms with E-state index in [9.17, 15) is 14.6 Å². The fourth-order valence-electron chi connectivity index (χ4n) is 2.94. The molecule has 0 fully saturated rings. The van der Waals surface area contributed by atoms with E-state index in [4.69, 9.17) is 4.74 Å². The number of hydrogen-bond acceptors (Lipinski definition) is 3. The van der Waals surface area contributed by atoms with Gasteiger partial charge in [0.2, 0.25) is 7.37 Å². The average Bonchev–Trinajstić information content (AvgIpc) is 2.57. The van der Waals surface area contributed by atoms with Gasteiger partial charge in [0.15, 0.2) is 6.35 Å². The van der Waals surface area contributed by atoms with Gasteiger partial charge < -0.3 is 14.7 Å². The lowest BCUT2D eigenvalue weighted by Crippen LogP contribution is -2.07. The first-order valence-electron chi connectivity index (χ1n) is 8.63. The third-order valence-corrected chi connectivity index (χ3v) is 7.71. The summed E-state index contributed by atoms with van der Waals surface area (Å²) >= 11 is 4.50. The molecule has 0 bridgehead atoms. The molecule has 2 N–H and O–H groups in total. The van der Waals surface area contributed by atoms with Crippen molar-refractivity contribution in [3.8, 4) is 11.5 Å². The predicted octanol–water partition coefficient (Wildman–Crippen LogP) is 6.17. The van der Waals surface area contributed by atoms with Crippen LogP contribution in [-0.4, -0.2) is 23.0 Å². The van der Waals surface area contributed by atoms with E-state index >= 15 is 0 Å². The van der Waals surface area contributed by atoms with Crippen LogP contribution in [0.15, 0.2) is 18.2 Å². The topological polar surface area (TPSA) is 66.8 Å². The number of phenolic OH excluding ortho intramolecular Hbond substituents is 1. The van der Waals surface area contributed by atoms with Gasteiger partial charge in [-0.25, -0.2) is 0 Å². The molecule has 148 valence electrons. The second kappa shape index (κ2) is 9.01. The van der Waals surface area contributed by atoms with E-state index in [0.717, 1.165) is 35.8 Å². The van der Waals surface area contributed by atoms with Gasteiger partial charge in [-0.3, -0.25) is 4.57 Å². The molecule has 0 radical (unpaired) electrons. The Kier molecular flexibility index (Phi) is 7.67. The summed E-state index contributed by atoms with van der Waals surface area (Å²) in [6.45, 7) is 9.56. The summed E-state index contributed by atoms with van der Waals surface area (Å²) < 4.78 is 19.2. The van der Waals surface area contributed by atoms with Crippen LogP contribution < -0.4 is 4.74 Å². The zero-order valence-electron chi connectivity index (χ0n) is 16.1. The molecule has 0 aliphatic heterocycles. The molecule has 27 heavy (non-hydrogen) atoms. The molecular formula is C20H25I2O4P. The SMILES string of the molecule is Cc1c(I)c(OCP(C)(=O)O)c(I)c(C)c1Cc1ccc(O)c(C(C)C)c1. The maximum atomic E-state index is 11.6. The second-order valence-electron chi connectivity index (χ2n) is 7.23. The molecule has 0 amide bonds. The number of halogens is 2. The van der Waals surface area contributed by atoms with E-state index in [-0.39, 0.29) is 12.3 Å². The summed E-state index contributed by atoms with van der Waals surface area (Å²) in [5.74, 6) is 1.27. The highest BCUT2D eigenvalue weighted by atomic mass is 127. The third kappa shape index (κ3) is 5.61. The summed E-state index contributed by atoms with van der Waals surface area (Å²) in [4.78, 5) is 9.55. The van der Waals surface area contributed by atoms with Gasteiger partial charge in [0, 0.05) is 6.66 Å². The van der Waals surface area contributed by atoms with E-state index in [2.05, 4.69) is 78.9 Å². The van der Waals surface area contributed by atoms with Gasteiger partial charge in [-0.15, -0.1) is 0 Å². The van der Waals surface area contributed by atoms with Crippen LogP contribution in [0.25, 0.3) is 0 Å². The van der Waals surface area contributed by atoms with Crippen LogP contribution >= 0.6 is 52.6 Å². The molecule has 1 unspecified atom stereocenters. The summed E-state index contributed by atoms with van der Waals surface area (Å²) in [5, 5.41) is 10.1. The van der Waals surface area contributed by atoms with Gasteiger partial charge in [-0.05, 0) is 105 Å². The highest BCUT2D eigenvalue weighted by Crippen LogP contribution is 2.41. The summed E-state index contributed by atoms with van der Waals surface area (Å²) in [7, 11) is -3.24. The second-order valence-corrected chi connectivity index (χ2v) is 11.8. The molecule has 1 atom stereocenters. The van der Waals surface area contributed by atoms with Crippen LogP contribution in [0.2, 0.25) is 0 Å². The van der Waals surface area contributed by atoms with Crippen molar-refractivity contribution < 1.29 is 19.3 Å². The molecule has 4 nitrogen and oxygen atoms in total. The van der Waals surface area contributed by atoms with Gasteiger partial charge in [0.1, 0.15) is 11.5 Å². The highest BCUT2D eigenvalue weighted by molar-refractivity contribution is 14.1. The van der Waals surface area contributed by atoms with Gasteiger partial charge >= 0.3 is 0 Å². The Bertz CT molecular complexity index is 874. The minimum atomic E-state index is -3.24. The monoisotopic (exact) mass is 614 g/mol. The normalized spacial score (nSPS) is 13.7. The fourth-order valence-corrected chi connectivity index (χ4v) is 5.33. The van der Waals surface area contributed by atoms with Gasteiger partial charge in [-0.2, -0.15) is 0 Å². The molecule has 0 aliphatic rings. The van der Waals surface area contributed by atoms with Crippen LogP contribution in [0.4, 0.5) is 0 Å². The third-order valence-electron chi connectivity index (χ3n) is 4.51. The van der Waals surface area contributed by atoms with Crippen LogP contribution in [0.3, 0.4) is 0 Å². The number of hydrogen-bond donors (Lipinski definition) is 2. The Labute approximate surface area is 188 Å². The molecule has 0 aliphatic carbocycles. The average molecular weight is 614 g/mol. The lowest BCUT2D eigenvalue weighted by Gasteiger charge is -2.20. The van der Waals surface area contributed by atoms with Crippen molar-refractivity contribution in [2.75, 3.05) is 13.0 Å². The first-order valence-corrected chi connectivity index (χ1v) is 13.1. The summed E-state index contributed by atoms with van der Waals surface area (Å²) in [6, 6.07) is 5.80. The Hall–Kier alpha value is -0.310. The Balaban J connectivity index is 2.44. The number of ether oxygens (including phenoxy) is 1. The van der Waals surface area contributed by atoms with Crippen LogP contribution in [0.1, 0.15) is 47.6 Å². The number of rotatable bonds is 6. The van der Waals surface area contributed by atoms with Gasteiger partial charge in [0.25, 0.3) is 0 Å². The van der Waals surface area contributed by atoms with Crippen molar-refractivity contribution in [1.82, 2.24) is 0 Å². The van der Waals surface area contributed by atoms with E-state index in [1.165, 1.54) is 12.2 Å². The predicted molar refractivity (Wildman–Crippen MR) is 128 cm³/mol. The van der Waals surface area contributed by atoms with Gasteiger partial charge in [0.05, 0.1) is 7.14 Å². The summed E-state index contributed by atoms with van der Waals surface area (Å²) in [6.07, 6.45) is 0.573. The van der Waals surface area contributed by atoms with Crippen molar-refractivity contribution in [3.63, 3.8) is 0 Å². The van der Waals surface area contributed by atoms with E-state index < -0.39 is 7.37 Å². The van der Waals surface area contributed by atoms with E-state index in [1.807, 2.05) is 6.07 Å². The molecule has 7 heteroatoms. The minimum Gasteiger partial charge on any atom is -0.508 e.